The molecule has 0 saturated carbocycles. The zero-order valence-corrected chi connectivity index (χ0v) is 15.7. The summed E-state index contributed by atoms with van der Waals surface area (Å²) < 4.78 is 34.3. The van der Waals surface area contributed by atoms with Gasteiger partial charge in [-0.05, 0) is 66.8 Å². The van der Waals surface area contributed by atoms with Gasteiger partial charge >= 0.3 is 0 Å². The molecule has 5 heteroatoms. The lowest BCUT2D eigenvalue weighted by Gasteiger charge is -2.26. The standard InChI is InChI=1S/C22H21NO3S/c24-27(25,23-22-12-6-8-17-7-4-5-11-21(17)22)20-15-13-19(14-16-20)26-18-9-2-1-3-10-18/h1-5,7,9-11,13-16,22-23H,6,8,12H2/t22-/m1/s1. The molecule has 138 valence electrons. The average molecular weight is 379 g/mol. The molecule has 0 fully saturated rings. The van der Waals surface area contributed by atoms with Crippen molar-refractivity contribution in [3.8, 4) is 11.5 Å². The Labute approximate surface area is 159 Å². The Morgan fingerprint density at radius 1 is 0.815 bits per heavy atom. The molecule has 1 N–H and O–H groups in total. The van der Waals surface area contributed by atoms with Crippen molar-refractivity contribution >= 4 is 10.0 Å². The number of nitrogens with one attached hydrogen (secondary N) is 1. The quantitative estimate of drug-likeness (QED) is 0.690. The molecular formula is C22H21NO3S. The number of hydrogen-bond acceptors (Lipinski definition) is 3. The maximum Gasteiger partial charge on any atom is 0.241 e. The van der Waals surface area contributed by atoms with E-state index in [0.29, 0.717) is 11.5 Å². The fourth-order valence-corrected chi connectivity index (χ4v) is 4.69. The van der Waals surface area contributed by atoms with Crippen molar-refractivity contribution in [1.29, 1.82) is 0 Å². The van der Waals surface area contributed by atoms with Gasteiger partial charge in [0.15, 0.2) is 0 Å². The second-order valence-electron chi connectivity index (χ2n) is 6.65. The molecule has 0 unspecified atom stereocenters. The molecule has 1 atom stereocenters. The third-order valence-electron chi connectivity index (χ3n) is 4.78. The number of fused-ring (bicyclic) bond motifs is 1. The van der Waals surface area contributed by atoms with E-state index >= 15 is 0 Å². The molecule has 0 aromatic heterocycles. The van der Waals surface area contributed by atoms with Gasteiger partial charge in [-0.3, -0.25) is 0 Å². The summed E-state index contributed by atoms with van der Waals surface area (Å²) >= 11 is 0. The second-order valence-corrected chi connectivity index (χ2v) is 8.37. The van der Waals surface area contributed by atoms with Crippen LogP contribution in [-0.2, 0) is 16.4 Å². The third kappa shape index (κ3) is 4.04. The van der Waals surface area contributed by atoms with Crippen LogP contribution in [0.2, 0.25) is 0 Å². The number of ether oxygens (including phenoxy) is 1. The van der Waals surface area contributed by atoms with Crippen LogP contribution < -0.4 is 9.46 Å². The lowest BCUT2D eigenvalue weighted by molar-refractivity contribution is 0.482. The highest BCUT2D eigenvalue weighted by atomic mass is 32.2. The fourth-order valence-electron chi connectivity index (χ4n) is 3.44. The number of rotatable bonds is 5. The van der Waals surface area contributed by atoms with Gasteiger partial charge in [0, 0.05) is 6.04 Å². The van der Waals surface area contributed by atoms with Gasteiger partial charge in [-0.15, -0.1) is 0 Å². The van der Waals surface area contributed by atoms with Gasteiger partial charge in [0.2, 0.25) is 10.0 Å². The lowest BCUT2D eigenvalue weighted by atomic mass is 9.88. The van der Waals surface area contributed by atoms with Gasteiger partial charge in [0.1, 0.15) is 11.5 Å². The normalized spacial score (nSPS) is 16.5. The molecule has 0 saturated heterocycles. The average Bonchev–Trinajstić information content (AvgIpc) is 2.69. The maximum atomic E-state index is 12.8. The molecule has 0 bridgehead atoms. The molecule has 4 rings (SSSR count). The molecule has 0 aliphatic heterocycles. The van der Waals surface area contributed by atoms with Gasteiger partial charge in [0.25, 0.3) is 0 Å². The zero-order chi connectivity index (χ0) is 18.7. The van der Waals surface area contributed by atoms with Crippen molar-refractivity contribution in [1.82, 2.24) is 4.72 Å². The van der Waals surface area contributed by atoms with E-state index in [0.717, 1.165) is 24.8 Å². The smallest absolute Gasteiger partial charge is 0.241 e. The number of para-hydroxylation sites is 1. The second kappa shape index (κ2) is 7.55. The van der Waals surface area contributed by atoms with Crippen LogP contribution in [0.1, 0.15) is 30.0 Å². The van der Waals surface area contributed by atoms with Crippen LogP contribution in [0, 0.1) is 0 Å². The zero-order valence-electron chi connectivity index (χ0n) is 14.8. The van der Waals surface area contributed by atoms with Crippen LogP contribution in [0.3, 0.4) is 0 Å². The van der Waals surface area contributed by atoms with Crippen LogP contribution >= 0.6 is 0 Å². The van der Waals surface area contributed by atoms with Crippen LogP contribution in [0.25, 0.3) is 0 Å². The van der Waals surface area contributed by atoms with Crippen molar-refractivity contribution < 1.29 is 13.2 Å². The van der Waals surface area contributed by atoms with Gasteiger partial charge < -0.3 is 4.74 Å². The first-order valence-electron chi connectivity index (χ1n) is 9.05. The van der Waals surface area contributed by atoms with Crippen LogP contribution in [0.15, 0.2) is 83.8 Å². The minimum atomic E-state index is -3.60. The largest absolute Gasteiger partial charge is 0.457 e. The topological polar surface area (TPSA) is 55.4 Å². The molecule has 0 heterocycles. The van der Waals surface area contributed by atoms with Crippen molar-refractivity contribution in [2.75, 3.05) is 0 Å². The first kappa shape index (κ1) is 17.8. The van der Waals surface area contributed by atoms with Gasteiger partial charge in [-0.1, -0.05) is 42.5 Å². The monoisotopic (exact) mass is 379 g/mol. The van der Waals surface area contributed by atoms with Gasteiger partial charge in [-0.25, -0.2) is 13.1 Å². The molecule has 1 aliphatic rings. The minimum absolute atomic E-state index is 0.180. The van der Waals surface area contributed by atoms with E-state index in [2.05, 4.69) is 10.8 Å². The molecule has 27 heavy (non-hydrogen) atoms. The van der Waals surface area contributed by atoms with Gasteiger partial charge in [-0.2, -0.15) is 0 Å². The number of sulfonamides is 1. The third-order valence-corrected chi connectivity index (χ3v) is 6.27. The Morgan fingerprint density at radius 2 is 1.48 bits per heavy atom. The maximum absolute atomic E-state index is 12.8. The summed E-state index contributed by atoms with van der Waals surface area (Å²) in [6.45, 7) is 0. The predicted octanol–water partition coefficient (Wildman–Crippen LogP) is 4.83. The van der Waals surface area contributed by atoms with E-state index in [-0.39, 0.29) is 10.9 Å². The highest BCUT2D eigenvalue weighted by Gasteiger charge is 2.25. The lowest BCUT2D eigenvalue weighted by Crippen LogP contribution is -2.31. The van der Waals surface area contributed by atoms with Crippen molar-refractivity contribution in [3.05, 3.63) is 90.0 Å². The van der Waals surface area contributed by atoms with E-state index in [1.807, 2.05) is 48.5 Å². The summed E-state index contributed by atoms with van der Waals surface area (Å²) in [5, 5.41) is 0. The van der Waals surface area contributed by atoms with E-state index in [4.69, 9.17) is 4.74 Å². The van der Waals surface area contributed by atoms with Crippen LogP contribution in [0.4, 0.5) is 0 Å². The molecule has 3 aromatic rings. The molecule has 4 nitrogen and oxygen atoms in total. The Kier molecular flexibility index (Phi) is 4.97. The van der Waals surface area contributed by atoms with Gasteiger partial charge in [0.05, 0.1) is 4.90 Å². The van der Waals surface area contributed by atoms with E-state index in [9.17, 15) is 8.42 Å². The highest BCUT2D eigenvalue weighted by molar-refractivity contribution is 7.89. The summed E-state index contributed by atoms with van der Waals surface area (Å²) in [5.41, 5.74) is 2.31. The molecule has 0 radical (unpaired) electrons. The summed E-state index contributed by atoms with van der Waals surface area (Å²) in [6, 6.07) is 23.8. The highest BCUT2D eigenvalue weighted by Crippen LogP contribution is 2.31. The Hall–Kier alpha value is -2.63. The van der Waals surface area contributed by atoms with Crippen molar-refractivity contribution in [3.63, 3.8) is 0 Å². The molecule has 1 aliphatic carbocycles. The molecular weight excluding hydrogens is 358 g/mol. The summed E-state index contributed by atoms with van der Waals surface area (Å²) in [7, 11) is -3.60. The Balaban J connectivity index is 1.51. The molecule has 0 spiro atoms. The molecule has 3 aromatic carbocycles. The van der Waals surface area contributed by atoms with E-state index in [1.165, 1.54) is 5.56 Å². The first-order valence-corrected chi connectivity index (χ1v) is 10.5. The SMILES string of the molecule is O=S(=O)(N[C@@H]1CCCc2ccccc21)c1ccc(Oc2ccccc2)cc1. The Bertz CT molecular complexity index is 1010. The number of hydrogen-bond donors (Lipinski definition) is 1. The first-order chi connectivity index (χ1) is 13.1. The molecule has 0 amide bonds. The van der Waals surface area contributed by atoms with Crippen LogP contribution in [-0.4, -0.2) is 8.42 Å². The summed E-state index contributed by atoms with van der Waals surface area (Å²) in [4.78, 5) is 0.242. The minimum Gasteiger partial charge on any atom is -0.457 e. The number of benzene rings is 3. The Morgan fingerprint density at radius 3 is 2.26 bits per heavy atom. The predicted molar refractivity (Wildman–Crippen MR) is 105 cm³/mol. The summed E-state index contributed by atoms with van der Waals surface area (Å²) in [5.74, 6) is 1.31. The van der Waals surface area contributed by atoms with E-state index < -0.39 is 10.0 Å². The van der Waals surface area contributed by atoms with E-state index in [1.54, 1.807) is 24.3 Å². The number of aryl methyl sites for hydroxylation is 1. The van der Waals surface area contributed by atoms with Crippen molar-refractivity contribution in [2.24, 2.45) is 0 Å². The van der Waals surface area contributed by atoms with Crippen molar-refractivity contribution in [2.45, 2.75) is 30.2 Å². The summed E-state index contributed by atoms with van der Waals surface area (Å²) in [6.07, 6.45) is 2.79. The van der Waals surface area contributed by atoms with Crippen LogP contribution in [0.5, 0.6) is 11.5 Å². The fraction of sp³-hybridized carbons (Fsp3) is 0.182.